The van der Waals surface area contributed by atoms with E-state index in [1.165, 1.54) is 0 Å². The molecule has 0 aliphatic carbocycles. The molecule has 0 aliphatic rings. The van der Waals surface area contributed by atoms with Gasteiger partial charge in [-0.05, 0) is 39.5 Å². The zero-order chi connectivity index (χ0) is 13.9. The summed E-state index contributed by atoms with van der Waals surface area (Å²) in [7, 11) is 0. The van der Waals surface area contributed by atoms with Crippen molar-refractivity contribution in [2.45, 2.75) is 0 Å². The van der Waals surface area contributed by atoms with Crippen LogP contribution in [0.5, 0.6) is 0 Å². The van der Waals surface area contributed by atoms with E-state index in [0.29, 0.717) is 10.3 Å². The molecule has 1 N–H and O–H groups in total. The third-order valence-electron chi connectivity index (χ3n) is 2.99. The lowest BCUT2D eigenvalue weighted by Crippen LogP contribution is -2.13. The highest BCUT2D eigenvalue weighted by Gasteiger charge is 2.09. The van der Waals surface area contributed by atoms with E-state index in [-0.39, 0.29) is 5.91 Å². The van der Waals surface area contributed by atoms with Gasteiger partial charge in [-0.25, -0.2) is 4.98 Å². The van der Waals surface area contributed by atoms with Crippen LogP contribution in [-0.2, 0) is 0 Å². The molecule has 98 valence electrons. The quantitative estimate of drug-likeness (QED) is 0.715. The number of hydrogen-bond donors (Lipinski definition) is 1. The molecule has 3 nitrogen and oxygen atoms in total. The number of benzene rings is 2. The van der Waals surface area contributed by atoms with Crippen molar-refractivity contribution >= 4 is 38.3 Å². The van der Waals surface area contributed by atoms with E-state index in [9.17, 15) is 4.79 Å². The van der Waals surface area contributed by atoms with Crippen molar-refractivity contribution in [3.63, 3.8) is 0 Å². The average molecular weight is 327 g/mol. The molecule has 0 saturated heterocycles. The van der Waals surface area contributed by atoms with Crippen molar-refractivity contribution < 1.29 is 4.79 Å². The Kier molecular flexibility index (Phi) is 3.48. The molecule has 4 heteroatoms. The summed E-state index contributed by atoms with van der Waals surface area (Å²) >= 11 is 3.26. The molecule has 0 unspecified atom stereocenters. The minimum atomic E-state index is -0.220. The van der Waals surface area contributed by atoms with Crippen molar-refractivity contribution in [1.82, 2.24) is 4.98 Å². The lowest BCUT2D eigenvalue weighted by atomic mass is 10.1. The SMILES string of the molecule is O=C(Nc1cccc2ccccc12)c1cccc(Br)n1. The Hall–Kier alpha value is -2.20. The number of hydrogen-bond acceptors (Lipinski definition) is 2. The number of fused-ring (bicyclic) bond motifs is 1. The fourth-order valence-corrected chi connectivity index (χ4v) is 2.40. The number of aromatic nitrogens is 1. The van der Waals surface area contributed by atoms with Crippen LogP contribution >= 0.6 is 15.9 Å². The van der Waals surface area contributed by atoms with Gasteiger partial charge in [-0.15, -0.1) is 0 Å². The summed E-state index contributed by atoms with van der Waals surface area (Å²) in [5.74, 6) is -0.220. The van der Waals surface area contributed by atoms with Gasteiger partial charge in [0.05, 0.1) is 0 Å². The van der Waals surface area contributed by atoms with Gasteiger partial charge in [0.25, 0.3) is 5.91 Å². The lowest BCUT2D eigenvalue weighted by molar-refractivity contribution is 0.102. The van der Waals surface area contributed by atoms with Crippen LogP contribution in [0.3, 0.4) is 0 Å². The van der Waals surface area contributed by atoms with Crippen molar-refractivity contribution in [1.29, 1.82) is 0 Å². The van der Waals surface area contributed by atoms with Gasteiger partial charge in [0.15, 0.2) is 0 Å². The normalized spacial score (nSPS) is 10.4. The Morgan fingerprint density at radius 1 is 0.950 bits per heavy atom. The minimum absolute atomic E-state index is 0.220. The third kappa shape index (κ3) is 2.56. The Balaban J connectivity index is 1.95. The monoisotopic (exact) mass is 326 g/mol. The van der Waals surface area contributed by atoms with Gasteiger partial charge >= 0.3 is 0 Å². The van der Waals surface area contributed by atoms with Crippen LogP contribution in [0.1, 0.15) is 10.5 Å². The van der Waals surface area contributed by atoms with Gasteiger partial charge in [-0.3, -0.25) is 4.79 Å². The van der Waals surface area contributed by atoms with Crippen LogP contribution < -0.4 is 5.32 Å². The third-order valence-corrected chi connectivity index (χ3v) is 3.43. The lowest BCUT2D eigenvalue weighted by Gasteiger charge is -2.08. The van der Waals surface area contributed by atoms with E-state index in [4.69, 9.17) is 0 Å². The summed E-state index contributed by atoms with van der Waals surface area (Å²) in [6, 6.07) is 19.0. The topological polar surface area (TPSA) is 42.0 Å². The predicted molar refractivity (Wildman–Crippen MR) is 83.8 cm³/mol. The van der Waals surface area contributed by atoms with E-state index in [1.54, 1.807) is 18.2 Å². The second-order valence-electron chi connectivity index (χ2n) is 4.33. The van der Waals surface area contributed by atoms with E-state index < -0.39 is 0 Å². The van der Waals surface area contributed by atoms with Crippen molar-refractivity contribution in [2.75, 3.05) is 5.32 Å². The molecule has 0 spiro atoms. The molecular weight excluding hydrogens is 316 g/mol. The second-order valence-corrected chi connectivity index (χ2v) is 5.14. The molecule has 1 aromatic heterocycles. The first-order valence-electron chi connectivity index (χ1n) is 6.16. The van der Waals surface area contributed by atoms with Crippen LogP contribution in [0.25, 0.3) is 10.8 Å². The van der Waals surface area contributed by atoms with Crippen LogP contribution in [0.4, 0.5) is 5.69 Å². The molecule has 0 fully saturated rings. The molecule has 0 saturated carbocycles. The Labute approximate surface area is 124 Å². The van der Waals surface area contributed by atoms with E-state index in [2.05, 4.69) is 26.2 Å². The maximum absolute atomic E-state index is 12.2. The highest BCUT2D eigenvalue weighted by molar-refractivity contribution is 9.10. The maximum Gasteiger partial charge on any atom is 0.274 e. The van der Waals surface area contributed by atoms with Crippen LogP contribution in [0.2, 0.25) is 0 Å². The summed E-state index contributed by atoms with van der Waals surface area (Å²) in [6.45, 7) is 0. The largest absolute Gasteiger partial charge is 0.320 e. The number of amides is 1. The first-order chi connectivity index (χ1) is 9.74. The molecule has 2 aromatic carbocycles. The number of anilines is 1. The van der Waals surface area contributed by atoms with Crippen LogP contribution in [0.15, 0.2) is 65.3 Å². The maximum atomic E-state index is 12.2. The van der Waals surface area contributed by atoms with Gasteiger partial charge in [0.2, 0.25) is 0 Å². The highest BCUT2D eigenvalue weighted by Crippen LogP contribution is 2.23. The number of rotatable bonds is 2. The number of pyridine rings is 1. The fraction of sp³-hybridized carbons (Fsp3) is 0. The van der Waals surface area contributed by atoms with Crippen LogP contribution in [0, 0.1) is 0 Å². The molecule has 0 bridgehead atoms. The number of nitrogens with zero attached hydrogens (tertiary/aromatic N) is 1. The zero-order valence-corrected chi connectivity index (χ0v) is 12.1. The van der Waals surface area contributed by atoms with Crippen molar-refractivity contribution in [3.8, 4) is 0 Å². The van der Waals surface area contributed by atoms with Gasteiger partial charge in [-0.2, -0.15) is 0 Å². The van der Waals surface area contributed by atoms with E-state index >= 15 is 0 Å². The van der Waals surface area contributed by atoms with Gasteiger partial charge < -0.3 is 5.32 Å². The molecule has 0 radical (unpaired) electrons. The predicted octanol–water partition coefficient (Wildman–Crippen LogP) is 4.25. The molecule has 20 heavy (non-hydrogen) atoms. The van der Waals surface area contributed by atoms with Gasteiger partial charge in [-0.1, -0.05) is 42.5 Å². The molecule has 3 rings (SSSR count). The molecule has 0 aliphatic heterocycles. The van der Waals surface area contributed by atoms with Crippen molar-refractivity contribution in [3.05, 3.63) is 71.0 Å². The summed E-state index contributed by atoms with van der Waals surface area (Å²) < 4.78 is 0.642. The summed E-state index contributed by atoms with van der Waals surface area (Å²) in [4.78, 5) is 16.4. The highest BCUT2D eigenvalue weighted by atomic mass is 79.9. The first-order valence-corrected chi connectivity index (χ1v) is 6.95. The number of nitrogens with one attached hydrogen (secondary N) is 1. The Morgan fingerprint density at radius 2 is 1.70 bits per heavy atom. The number of halogens is 1. The summed E-state index contributed by atoms with van der Waals surface area (Å²) in [6.07, 6.45) is 0. The van der Waals surface area contributed by atoms with Crippen molar-refractivity contribution in [2.24, 2.45) is 0 Å². The number of carbonyl (C=O) groups excluding carboxylic acids is 1. The standard InChI is InChI=1S/C16H11BrN2O/c17-15-10-4-9-14(18-15)16(20)19-13-8-3-6-11-5-1-2-7-12(11)13/h1-10H,(H,19,20). The first kappa shape index (κ1) is 12.8. The summed E-state index contributed by atoms with van der Waals surface area (Å²) in [5, 5.41) is 5.01. The Bertz CT molecular complexity index is 781. The molecule has 0 atom stereocenters. The average Bonchev–Trinajstić information content (AvgIpc) is 2.47. The van der Waals surface area contributed by atoms with E-state index in [1.807, 2.05) is 42.5 Å². The minimum Gasteiger partial charge on any atom is -0.320 e. The van der Waals surface area contributed by atoms with Crippen LogP contribution in [-0.4, -0.2) is 10.9 Å². The second kappa shape index (κ2) is 5.43. The van der Waals surface area contributed by atoms with Gasteiger partial charge in [0.1, 0.15) is 10.3 Å². The molecule has 3 aromatic rings. The van der Waals surface area contributed by atoms with Gasteiger partial charge in [0, 0.05) is 11.1 Å². The van der Waals surface area contributed by atoms with E-state index in [0.717, 1.165) is 16.5 Å². The molecule has 1 amide bonds. The smallest absolute Gasteiger partial charge is 0.274 e. The molecule has 1 heterocycles. The summed E-state index contributed by atoms with van der Waals surface area (Å²) in [5.41, 5.74) is 1.17. The zero-order valence-electron chi connectivity index (χ0n) is 10.5. The molecular formula is C16H11BrN2O. The fourth-order valence-electron chi connectivity index (χ4n) is 2.06. The Morgan fingerprint density at radius 3 is 2.55 bits per heavy atom. The number of carbonyl (C=O) groups is 1.